The fourth-order valence-electron chi connectivity index (χ4n) is 1.15. The van der Waals surface area contributed by atoms with Crippen molar-refractivity contribution in [3.05, 3.63) is 55.3 Å². The van der Waals surface area contributed by atoms with Gasteiger partial charge in [-0.3, -0.25) is 0 Å². The first kappa shape index (κ1) is 12.4. The lowest BCUT2D eigenvalue weighted by molar-refractivity contribution is 1.84. The third-order valence-corrected chi connectivity index (χ3v) is 4.49. The van der Waals surface area contributed by atoms with Crippen LogP contribution in [0.1, 0.15) is 10.4 Å². The monoisotopic (exact) mass is 320 g/mol. The first-order chi connectivity index (χ1) is 8.36. The van der Waals surface area contributed by atoms with Gasteiger partial charge in [0.2, 0.25) is 0 Å². The van der Waals surface area contributed by atoms with Crippen molar-refractivity contribution in [2.45, 2.75) is 0 Å². The molecule has 0 radical (unpaired) electrons. The molecule has 0 aliphatic carbocycles. The average molecular weight is 321 g/mol. The van der Waals surface area contributed by atoms with E-state index in [0.29, 0.717) is 0 Å². The molecule has 0 saturated heterocycles. The molecule has 0 N–H and O–H groups in total. The second-order valence-electron chi connectivity index (χ2n) is 3.14. The van der Waals surface area contributed by atoms with Gasteiger partial charge in [-0.1, -0.05) is 11.8 Å². The van der Waals surface area contributed by atoms with E-state index >= 15 is 0 Å². The van der Waals surface area contributed by atoms with Gasteiger partial charge >= 0.3 is 0 Å². The Hall–Kier alpha value is -1.08. The molecule has 0 aliphatic rings. The summed E-state index contributed by atoms with van der Waals surface area (Å²) in [5.41, 5.74) is 1.20. The van der Waals surface area contributed by atoms with Gasteiger partial charge in [0.25, 0.3) is 0 Å². The predicted octanol–water partition coefficient (Wildman–Crippen LogP) is 5.30. The molecule has 2 heterocycles. The summed E-state index contributed by atoms with van der Waals surface area (Å²) >= 11 is 6.86. The highest BCUT2D eigenvalue weighted by Crippen LogP contribution is 2.23. The summed E-state index contributed by atoms with van der Waals surface area (Å²) in [6.45, 7) is 0. The van der Waals surface area contributed by atoms with E-state index < -0.39 is 0 Å². The van der Waals surface area contributed by atoms with E-state index in [0.717, 1.165) is 4.47 Å². The fraction of sp³-hybridized carbons (Fsp3) is 0. The maximum atomic E-state index is 3.47. The van der Waals surface area contributed by atoms with Gasteiger partial charge in [-0.25, -0.2) is 0 Å². The minimum Gasteiger partial charge on any atom is -0.152 e. The Bertz CT molecular complexity index is 577. The predicted molar refractivity (Wildman–Crippen MR) is 82.2 cm³/mol. The van der Waals surface area contributed by atoms with E-state index in [9.17, 15) is 0 Å². The standard InChI is InChI=1S/C14H9BrS2/c15-13-8-10-17-14(13)6-4-2-1-3-5-12-7-9-16-11-12/h3-11H/b5-3-,6-4-. The van der Waals surface area contributed by atoms with Gasteiger partial charge in [0.05, 0.1) is 0 Å². The number of rotatable bonds is 2. The number of hydrogen-bond acceptors (Lipinski definition) is 2. The van der Waals surface area contributed by atoms with Gasteiger partial charge in [0, 0.05) is 9.35 Å². The minimum atomic E-state index is 1.12. The van der Waals surface area contributed by atoms with Crippen molar-refractivity contribution in [2.24, 2.45) is 0 Å². The zero-order valence-corrected chi connectivity index (χ0v) is 12.1. The third kappa shape index (κ3) is 4.01. The zero-order chi connectivity index (χ0) is 11.9. The molecule has 2 aromatic heterocycles. The molecule has 0 aromatic carbocycles. The third-order valence-electron chi connectivity index (χ3n) is 1.95. The zero-order valence-electron chi connectivity index (χ0n) is 8.89. The van der Waals surface area contributed by atoms with Crippen molar-refractivity contribution < 1.29 is 0 Å². The molecule has 0 aliphatic heterocycles. The molecule has 2 aromatic rings. The van der Waals surface area contributed by atoms with Crippen LogP contribution in [0.25, 0.3) is 12.2 Å². The highest BCUT2D eigenvalue weighted by molar-refractivity contribution is 9.10. The lowest BCUT2D eigenvalue weighted by atomic mass is 10.3. The molecule has 0 nitrogen and oxygen atoms in total. The summed E-state index contributed by atoms with van der Waals surface area (Å²) < 4.78 is 1.12. The molecule has 17 heavy (non-hydrogen) atoms. The first-order valence-corrected chi connectivity index (χ1v) is 7.57. The van der Waals surface area contributed by atoms with Crippen LogP contribution < -0.4 is 0 Å². The van der Waals surface area contributed by atoms with Crippen molar-refractivity contribution in [1.82, 2.24) is 0 Å². The van der Waals surface area contributed by atoms with Crippen LogP contribution in [0.15, 0.2) is 44.9 Å². The molecule has 0 saturated carbocycles. The van der Waals surface area contributed by atoms with Gasteiger partial charge in [-0.15, -0.1) is 11.3 Å². The summed E-state index contributed by atoms with van der Waals surface area (Å²) in [4.78, 5) is 1.20. The largest absolute Gasteiger partial charge is 0.152 e. The molecule has 0 spiro atoms. The Labute approximate surface area is 117 Å². The summed E-state index contributed by atoms with van der Waals surface area (Å²) in [7, 11) is 0. The van der Waals surface area contributed by atoms with Crippen molar-refractivity contribution in [3.63, 3.8) is 0 Å². The second kappa shape index (κ2) is 6.61. The van der Waals surface area contributed by atoms with Gasteiger partial charge in [-0.2, -0.15) is 11.3 Å². The maximum absolute atomic E-state index is 3.47. The molecule has 0 atom stereocenters. The Balaban J connectivity index is 1.91. The van der Waals surface area contributed by atoms with Gasteiger partial charge < -0.3 is 0 Å². The normalized spacial score (nSPS) is 10.9. The Morgan fingerprint density at radius 3 is 2.53 bits per heavy atom. The molecule has 2 rings (SSSR count). The Kier molecular flexibility index (Phi) is 4.81. The molecule has 0 fully saturated rings. The number of halogens is 1. The highest BCUT2D eigenvalue weighted by atomic mass is 79.9. The second-order valence-corrected chi connectivity index (χ2v) is 5.73. The van der Waals surface area contributed by atoms with Crippen LogP contribution in [0.2, 0.25) is 0 Å². The smallest absolute Gasteiger partial charge is 0.0418 e. The van der Waals surface area contributed by atoms with Gasteiger partial charge in [0.15, 0.2) is 0 Å². The van der Waals surface area contributed by atoms with E-state index in [4.69, 9.17) is 0 Å². The van der Waals surface area contributed by atoms with E-state index in [1.54, 1.807) is 22.7 Å². The molecule has 3 heteroatoms. The van der Waals surface area contributed by atoms with Crippen molar-refractivity contribution in [3.8, 4) is 11.8 Å². The lowest BCUT2D eigenvalue weighted by Gasteiger charge is -1.83. The summed E-state index contributed by atoms with van der Waals surface area (Å²) in [6.07, 6.45) is 7.77. The summed E-state index contributed by atoms with van der Waals surface area (Å²) in [5, 5.41) is 6.20. The lowest BCUT2D eigenvalue weighted by Crippen LogP contribution is -1.60. The molecule has 0 amide bonds. The maximum Gasteiger partial charge on any atom is 0.0418 e. The SMILES string of the molecule is Brc1ccsc1/C=C\C#C/C=C\c1ccsc1. The van der Waals surface area contributed by atoms with E-state index in [1.807, 2.05) is 35.8 Å². The highest BCUT2D eigenvalue weighted by Gasteiger charge is 1.93. The molecular weight excluding hydrogens is 312 g/mol. The Morgan fingerprint density at radius 2 is 1.88 bits per heavy atom. The van der Waals surface area contributed by atoms with Crippen LogP contribution in [0.4, 0.5) is 0 Å². The van der Waals surface area contributed by atoms with Crippen LogP contribution >= 0.6 is 38.6 Å². The molecule has 0 unspecified atom stereocenters. The van der Waals surface area contributed by atoms with Crippen LogP contribution in [0.3, 0.4) is 0 Å². The van der Waals surface area contributed by atoms with Crippen molar-refractivity contribution in [2.75, 3.05) is 0 Å². The van der Waals surface area contributed by atoms with Crippen molar-refractivity contribution in [1.29, 1.82) is 0 Å². The van der Waals surface area contributed by atoms with Crippen molar-refractivity contribution >= 4 is 50.8 Å². The van der Waals surface area contributed by atoms with Crippen LogP contribution in [0.5, 0.6) is 0 Å². The van der Waals surface area contributed by atoms with Crippen LogP contribution in [-0.4, -0.2) is 0 Å². The topological polar surface area (TPSA) is 0 Å². The van der Waals surface area contributed by atoms with Gasteiger partial charge in [-0.05, 0) is 74.1 Å². The quantitative estimate of drug-likeness (QED) is 0.658. The Morgan fingerprint density at radius 1 is 1.06 bits per heavy atom. The summed E-state index contributed by atoms with van der Waals surface area (Å²) in [5.74, 6) is 5.97. The van der Waals surface area contributed by atoms with Crippen LogP contribution in [-0.2, 0) is 0 Å². The average Bonchev–Trinajstić information content (AvgIpc) is 2.95. The number of thiophene rings is 2. The van der Waals surface area contributed by atoms with E-state index in [1.165, 1.54) is 10.4 Å². The molecule has 84 valence electrons. The van der Waals surface area contributed by atoms with E-state index in [2.05, 4.69) is 44.6 Å². The van der Waals surface area contributed by atoms with E-state index in [-0.39, 0.29) is 0 Å². The van der Waals surface area contributed by atoms with Gasteiger partial charge in [0.1, 0.15) is 0 Å². The number of hydrogen-bond donors (Lipinski definition) is 0. The molecular formula is C14H9BrS2. The molecule has 0 bridgehead atoms. The summed E-state index contributed by atoms with van der Waals surface area (Å²) in [6, 6.07) is 4.11. The minimum absolute atomic E-state index is 1.12. The number of allylic oxidation sites excluding steroid dienone is 2. The fourth-order valence-corrected chi connectivity index (χ4v) is 3.17. The van der Waals surface area contributed by atoms with Crippen LogP contribution in [0, 0.1) is 11.8 Å². The first-order valence-electron chi connectivity index (χ1n) is 4.95.